The highest BCUT2D eigenvalue weighted by atomic mass is 32.1. The number of carbonyl (C=O) groups is 1. The maximum Gasteiger partial charge on any atom is 0.260 e. The van der Waals surface area contributed by atoms with E-state index < -0.39 is 0 Å². The molecule has 2 N–H and O–H groups in total. The summed E-state index contributed by atoms with van der Waals surface area (Å²) in [7, 11) is 1.79. The van der Waals surface area contributed by atoms with Gasteiger partial charge in [-0.1, -0.05) is 12.1 Å². The Morgan fingerprint density at radius 1 is 1.33 bits per heavy atom. The fourth-order valence-corrected chi connectivity index (χ4v) is 2.91. The normalized spacial score (nSPS) is 12.0. The van der Waals surface area contributed by atoms with Gasteiger partial charge in [0.25, 0.3) is 5.91 Å². The zero-order valence-corrected chi connectivity index (χ0v) is 13.3. The molecule has 21 heavy (non-hydrogen) atoms. The Labute approximate surface area is 129 Å². The van der Waals surface area contributed by atoms with E-state index >= 15 is 0 Å². The van der Waals surface area contributed by atoms with E-state index in [0.717, 1.165) is 0 Å². The molecule has 1 aromatic carbocycles. The van der Waals surface area contributed by atoms with Gasteiger partial charge in [0.1, 0.15) is 5.75 Å². The number of aryl methyl sites for hydroxylation is 1. The molecule has 1 atom stereocenters. The number of nitrogens with two attached hydrogens (primary N) is 1. The summed E-state index contributed by atoms with van der Waals surface area (Å²) in [5.41, 5.74) is 6.33. The summed E-state index contributed by atoms with van der Waals surface area (Å²) < 4.78 is 5.50. The van der Waals surface area contributed by atoms with E-state index in [0.29, 0.717) is 11.4 Å². The summed E-state index contributed by atoms with van der Waals surface area (Å²) in [6, 6.07) is 11.3. The smallest absolute Gasteiger partial charge is 0.260 e. The fourth-order valence-electron chi connectivity index (χ4n) is 1.94. The number of thiophene rings is 1. The first kappa shape index (κ1) is 15.4. The van der Waals surface area contributed by atoms with Gasteiger partial charge in [0.05, 0.1) is 11.7 Å². The summed E-state index contributed by atoms with van der Waals surface area (Å²) >= 11 is 1.70. The van der Waals surface area contributed by atoms with Gasteiger partial charge in [-0.25, -0.2) is 0 Å². The van der Waals surface area contributed by atoms with Crippen LogP contribution in [0.25, 0.3) is 0 Å². The number of likely N-dealkylation sites (N-methyl/N-ethyl adjacent to an activating group) is 1. The molecule has 1 heterocycles. The predicted octanol–water partition coefficient (Wildman–Crippen LogP) is 3.24. The third-order valence-electron chi connectivity index (χ3n) is 3.42. The summed E-state index contributed by atoms with van der Waals surface area (Å²) in [4.78, 5) is 16.3. The molecule has 1 amide bonds. The number of ether oxygens (including phenoxy) is 1. The van der Waals surface area contributed by atoms with E-state index in [1.165, 1.54) is 9.75 Å². The molecule has 0 saturated heterocycles. The van der Waals surface area contributed by atoms with Gasteiger partial charge < -0.3 is 15.4 Å². The van der Waals surface area contributed by atoms with E-state index in [4.69, 9.17) is 10.5 Å². The largest absolute Gasteiger partial charge is 0.482 e. The molecule has 2 aromatic rings. The third kappa shape index (κ3) is 3.76. The lowest BCUT2D eigenvalue weighted by Gasteiger charge is -2.24. The number of benzene rings is 1. The highest BCUT2D eigenvalue weighted by Gasteiger charge is 2.19. The number of anilines is 1. The molecule has 112 valence electrons. The van der Waals surface area contributed by atoms with Crippen molar-refractivity contribution in [2.24, 2.45) is 0 Å². The van der Waals surface area contributed by atoms with Crippen molar-refractivity contribution in [2.75, 3.05) is 19.4 Å². The highest BCUT2D eigenvalue weighted by molar-refractivity contribution is 7.12. The van der Waals surface area contributed by atoms with Gasteiger partial charge in [-0.2, -0.15) is 0 Å². The van der Waals surface area contributed by atoms with Gasteiger partial charge in [0, 0.05) is 16.8 Å². The van der Waals surface area contributed by atoms with Crippen LogP contribution in [0.15, 0.2) is 36.4 Å². The standard InChI is InChI=1S/C16H20N2O2S/c1-11-8-9-15(21-11)12(2)18(3)16(19)10-20-14-7-5-4-6-13(14)17/h4-9,12H,10,17H2,1-3H3. The molecule has 4 nitrogen and oxygen atoms in total. The van der Waals surface area contributed by atoms with Crippen molar-refractivity contribution in [1.29, 1.82) is 0 Å². The first-order valence-corrected chi connectivity index (χ1v) is 7.60. The molecule has 0 aliphatic rings. The van der Waals surface area contributed by atoms with Crippen LogP contribution in [-0.2, 0) is 4.79 Å². The molecule has 5 heteroatoms. The average molecular weight is 304 g/mol. The quantitative estimate of drug-likeness (QED) is 0.863. The minimum absolute atomic E-state index is 0.0145. The number of carbonyl (C=O) groups excluding carboxylic acids is 1. The van der Waals surface area contributed by atoms with Crippen molar-refractivity contribution in [3.05, 3.63) is 46.2 Å². The van der Waals surface area contributed by atoms with Crippen LogP contribution < -0.4 is 10.5 Å². The lowest BCUT2D eigenvalue weighted by Crippen LogP contribution is -2.33. The molecule has 0 saturated carbocycles. The fraction of sp³-hybridized carbons (Fsp3) is 0.312. The molecule has 0 bridgehead atoms. The second-order valence-electron chi connectivity index (χ2n) is 4.96. The maximum atomic E-state index is 12.2. The van der Waals surface area contributed by atoms with Crippen LogP contribution in [0.5, 0.6) is 5.75 Å². The van der Waals surface area contributed by atoms with E-state index in [9.17, 15) is 4.79 Å². The summed E-state index contributed by atoms with van der Waals surface area (Å²) in [5.74, 6) is 0.468. The summed E-state index contributed by atoms with van der Waals surface area (Å²) in [6.07, 6.45) is 0. The van der Waals surface area contributed by atoms with Crippen LogP contribution in [-0.4, -0.2) is 24.5 Å². The van der Waals surface area contributed by atoms with Gasteiger partial charge in [-0.3, -0.25) is 4.79 Å². The average Bonchev–Trinajstić information content (AvgIpc) is 2.91. The van der Waals surface area contributed by atoms with Gasteiger partial charge in [0.2, 0.25) is 0 Å². The first-order chi connectivity index (χ1) is 9.99. The molecule has 0 aliphatic heterocycles. The topological polar surface area (TPSA) is 55.6 Å². The van der Waals surface area contributed by atoms with Crippen LogP contribution in [0.4, 0.5) is 5.69 Å². The molecule has 0 aliphatic carbocycles. The minimum Gasteiger partial charge on any atom is -0.482 e. The van der Waals surface area contributed by atoms with Crippen LogP contribution >= 0.6 is 11.3 Å². The Hall–Kier alpha value is -2.01. The van der Waals surface area contributed by atoms with Crippen molar-refractivity contribution >= 4 is 22.9 Å². The van der Waals surface area contributed by atoms with Gasteiger partial charge in [0.15, 0.2) is 6.61 Å². The van der Waals surface area contributed by atoms with E-state index in [1.807, 2.05) is 19.1 Å². The van der Waals surface area contributed by atoms with Crippen molar-refractivity contribution in [1.82, 2.24) is 4.90 Å². The third-order valence-corrected chi connectivity index (χ3v) is 4.59. The molecule has 0 fully saturated rings. The van der Waals surface area contributed by atoms with Crippen molar-refractivity contribution in [3.8, 4) is 5.75 Å². The van der Waals surface area contributed by atoms with E-state index in [-0.39, 0.29) is 18.6 Å². The van der Waals surface area contributed by atoms with Crippen molar-refractivity contribution in [2.45, 2.75) is 19.9 Å². The number of hydrogen-bond acceptors (Lipinski definition) is 4. The number of amides is 1. The second kappa shape index (κ2) is 6.63. The lowest BCUT2D eigenvalue weighted by atomic mass is 10.2. The number of para-hydroxylation sites is 2. The molecular formula is C16H20N2O2S. The number of hydrogen-bond donors (Lipinski definition) is 1. The van der Waals surface area contributed by atoms with Crippen molar-refractivity contribution in [3.63, 3.8) is 0 Å². The number of nitrogen functional groups attached to an aromatic ring is 1. The van der Waals surface area contributed by atoms with E-state index in [1.54, 1.807) is 35.4 Å². The Morgan fingerprint density at radius 3 is 2.67 bits per heavy atom. The van der Waals surface area contributed by atoms with Gasteiger partial charge in [-0.05, 0) is 38.1 Å². The van der Waals surface area contributed by atoms with Gasteiger partial charge >= 0.3 is 0 Å². The number of nitrogens with zero attached hydrogens (tertiary/aromatic N) is 1. The molecule has 2 rings (SSSR count). The van der Waals surface area contributed by atoms with Crippen LogP contribution in [0.1, 0.15) is 22.7 Å². The summed E-state index contributed by atoms with van der Waals surface area (Å²) in [5, 5.41) is 0. The highest BCUT2D eigenvalue weighted by Crippen LogP contribution is 2.26. The Kier molecular flexibility index (Phi) is 4.85. The van der Waals surface area contributed by atoms with Gasteiger partial charge in [-0.15, -0.1) is 11.3 Å². The molecule has 1 unspecified atom stereocenters. The predicted molar refractivity (Wildman–Crippen MR) is 86.6 cm³/mol. The zero-order chi connectivity index (χ0) is 15.4. The summed E-state index contributed by atoms with van der Waals surface area (Å²) in [6.45, 7) is 4.06. The monoisotopic (exact) mass is 304 g/mol. The maximum absolute atomic E-state index is 12.2. The molecule has 1 aromatic heterocycles. The number of rotatable bonds is 5. The zero-order valence-electron chi connectivity index (χ0n) is 12.5. The molecule has 0 radical (unpaired) electrons. The lowest BCUT2D eigenvalue weighted by molar-refractivity contribution is -0.133. The minimum atomic E-state index is -0.0724. The molecule has 0 spiro atoms. The SMILES string of the molecule is Cc1ccc(C(C)N(C)C(=O)COc2ccccc2N)s1. The Bertz CT molecular complexity index is 624. The Balaban J connectivity index is 1.95. The van der Waals surface area contributed by atoms with Crippen LogP contribution in [0.3, 0.4) is 0 Å². The van der Waals surface area contributed by atoms with E-state index in [2.05, 4.69) is 19.1 Å². The molecular weight excluding hydrogens is 284 g/mol. The first-order valence-electron chi connectivity index (χ1n) is 6.78. The second-order valence-corrected chi connectivity index (χ2v) is 6.28. The van der Waals surface area contributed by atoms with Crippen molar-refractivity contribution < 1.29 is 9.53 Å². The van der Waals surface area contributed by atoms with Crippen LogP contribution in [0, 0.1) is 6.92 Å². The van der Waals surface area contributed by atoms with Crippen LogP contribution in [0.2, 0.25) is 0 Å². The Morgan fingerprint density at radius 2 is 2.05 bits per heavy atom.